The number of nitrogens with zero attached hydrogens (tertiary/aromatic N) is 5. The van der Waals surface area contributed by atoms with Gasteiger partial charge < -0.3 is 19.9 Å². The molecule has 3 saturated heterocycles. The predicted octanol–water partition coefficient (Wildman–Crippen LogP) is 2.54. The second-order valence-corrected chi connectivity index (χ2v) is 9.84. The number of ether oxygens (including phenoxy) is 1. The van der Waals surface area contributed by atoms with Gasteiger partial charge in [-0.25, -0.2) is 9.97 Å². The third-order valence-electron chi connectivity index (χ3n) is 8.07. The minimum Gasteiger partial charge on any atom is -0.366 e. The normalized spacial score (nSPS) is 33.4. The van der Waals surface area contributed by atoms with Crippen LogP contribution in [0.5, 0.6) is 0 Å². The van der Waals surface area contributed by atoms with Gasteiger partial charge in [-0.1, -0.05) is 13.0 Å². The summed E-state index contributed by atoms with van der Waals surface area (Å²) < 4.78 is 47.3. The Morgan fingerprint density at radius 1 is 1.09 bits per heavy atom. The number of rotatable bonds is 3. The Kier molecular flexibility index (Phi) is 5.81. The van der Waals surface area contributed by atoms with Gasteiger partial charge in [0.1, 0.15) is 11.6 Å². The number of hydrogen-bond donors (Lipinski definition) is 1. The summed E-state index contributed by atoms with van der Waals surface area (Å²) in [5.74, 6) is -0.189. The molecule has 1 spiro atoms. The molecule has 7 nitrogen and oxygen atoms in total. The number of halogens is 3. The molecule has 2 unspecified atom stereocenters. The van der Waals surface area contributed by atoms with Crippen molar-refractivity contribution in [3.8, 4) is 0 Å². The average molecular weight is 467 g/mol. The van der Waals surface area contributed by atoms with E-state index in [2.05, 4.69) is 47.0 Å². The third-order valence-corrected chi connectivity index (χ3v) is 8.07. The van der Waals surface area contributed by atoms with Crippen molar-refractivity contribution in [2.24, 2.45) is 5.92 Å². The first-order chi connectivity index (χ1) is 15.7. The molecule has 10 heteroatoms. The molecular formula is C23H33F3N6O. The van der Waals surface area contributed by atoms with Crippen molar-refractivity contribution in [3.63, 3.8) is 0 Å². The molecule has 3 fully saturated rings. The highest BCUT2D eigenvalue weighted by atomic mass is 19.4. The van der Waals surface area contributed by atoms with Crippen LogP contribution >= 0.6 is 0 Å². The molecule has 0 amide bonds. The standard InChI is InChI=1S/C23H33F3N6O/c1-15-4-11-33-22(15)5-8-31(13-16(22)2)19-12-20(29-21(28-19)23(24,25)26)32-14-18(17(32)3)30-9-6-27-7-10-30/h4,12,16-18,27H,5-11,13-14H2,1-3H3/t16?,17-,18-,22?/m1/s1. The van der Waals surface area contributed by atoms with Gasteiger partial charge in [0.05, 0.1) is 12.2 Å². The van der Waals surface area contributed by atoms with Crippen molar-refractivity contribution in [1.29, 1.82) is 0 Å². The lowest BCUT2D eigenvalue weighted by Gasteiger charge is -2.53. The molecule has 0 bridgehead atoms. The molecule has 182 valence electrons. The van der Waals surface area contributed by atoms with Gasteiger partial charge in [-0.3, -0.25) is 4.90 Å². The Morgan fingerprint density at radius 3 is 2.42 bits per heavy atom. The second-order valence-electron chi connectivity index (χ2n) is 9.84. The average Bonchev–Trinajstić information content (AvgIpc) is 3.15. The van der Waals surface area contributed by atoms with Crippen LogP contribution in [0.15, 0.2) is 17.7 Å². The van der Waals surface area contributed by atoms with Crippen molar-refractivity contribution in [2.45, 2.75) is 51.1 Å². The number of hydrogen-bond acceptors (Lipinski definition) is 7. The molecule has 0 aromatic carbocycles. The van der Waals surface area contributed by atoms with Crippen molar-refractivity contribution < 1.29 is 17.9 Å². The van der Waals surface area contributed by atoms with Gasteiger partial charge in [0.15, 0.2) is 0 Å². The number of anilines is 2. The van der Waals surface area contributed by atoms with Gasteiger partial charge in [0.2, 0.25) is 5.82 Å². The Balaban J connectivity index is 1.38. The first-order valence-electron chi connectivity index (χ1n) is 11.9. The van der Waals surface area contributed by atoms with Gasteiger partial charge in [-0.05, 0) is 25.8 Å². The molecule has 4 atom stereocenters. The van der Waals surface area contributed by atoms with E-state index in [0.29, 0.717) is 43.9 Å². The summed E-state index contributed by atoms with van der Waals surface area (Å²) in [6, 6.07) is 2.18. The van der Waals surface area contributed by atoms with Crippen LogP contribution in [-0.2, 0) is 10.9 Å². The summed E-state index contributed by atoms with van der Waals surface area (Å²) in [6.45, 7) is 12.6. The third kappa shape index (κ3) is 4.00. The van der Waals surface area contributed by atoms with E-state index in [-0.39, 0.29) is 17.6 Å². The molecule has 0 radical (unpaired) electrons. The Morgan fingerprint density at radius 2 is 1.82 bits per heavy atom. The molecule has 5 rings (SSSR count). The maximum absolute atomic E-state index is 13.7. The molecule has 1 aromatic rings. The molecule has 5 heterocycles. The molecule has 33 heavy (non-hydrogen) atoms. The largest absolute Gasteiger partial charge is 0.451 e. The highest BCUT2D eigenvalue weighted by Gasteiger charge is 2.46. The van der Waals surface area contributed by atoms with E-state index >= 15 is 0 Å². The van der Waals surface area contributed by atoms with Crippen LogP contribution in [0.2, 0.25) is 0 Å². The highest BCUT2D eigenvalue weighted by Crippen LogP contribution is 2.42. The summed E-state index contributed by atoms with van der Waals surface area (Å²) in [7, 11) is 0. The number of piperidine rings is 1. The summed E-state index contributed by atoms with van der Waals surface area (Å²) in [5.41, 5.74) is 0.921. The van der Waals surface area contributed by atoms with Crippen LogP contribution in [0, 0.1) is 5.92 Å². The fourth-order valence-corrected chi connectivity index (χ4v) is 5.91. The first-order valence-corrected chi connectivity index (χ1v) is 11.9. The summed E-state index contributed by atoms with van der Waals surface area (Å²) >= 11 is 0. The van der Waals surface area contributed by atoms with Crippen LogP contribution in [0.3, 0.4) is 0 Å². The molecular weight excluding hydrogens is 433 g/mol. The lowest BCUT2D eigenvalue weighted by molar-refractivity contribution is -0.144. The van der Waals surface area contributed by atoms with Crippen molar-refractivity contribution in [3.05, 3.63) is 23.5 Å². The van der Waals surface area contributed by atoms with E-state index in [4.69, 9.17) is 4.74 Å². The van der Waals surface area contributed by atoms with E-state index in [1.165, 1.54) is 5.57 Å². The van der Waals surface area contributed by atoms with Crippen molar-refractivity contribution >= 4 is 11.6 Å². The Labute approximate surface area is 193 Å². The summed E-state index contributed by atoms with van der Waals surface area (Å²) in [4.78, 5) is 14.3. The monoisotopic (exact) mass is 466 g/mol. The molecule has 0 aliphatic carbocycles. The van der Waals surface area contributed by atoms with Crippen LogP contribution in [0.1, 0.15) is 33.0 Å². The molecule has 1 aromatic heterocycles. The smallest absolute Gasteiger partial charge is 0.366 e. The Bertz CT molecular complexity index is 918. The zero-order valence-corrected chi connectivity index (χ0v) is 19.5. The maximum atomic E-state index is 13.7. The van der Waals surface area contributed by atoms with Crippen LogP contribution in [0.25, 0.3) is 0 Å². The topological polar surface area (TPSA) is 56.8 Å². The van der Waals surface area contributed by atoms with Gasteiger partial charge in [-0.2, -0.15) is 13.2 Å². The molecule has 4 aliphatic rings. The number of piperazine rings is 1. The maximum Gasteiger partial charge on any atom is 0.451 e. The highest BCUT2D eigenvalue weighted by molar-refractivity contribution is 5.55. The van der Waals surface area contributed by atoms with Gasteiger partial charge >= 0.3 is 6.18 Å². The lowest BCUT2D eigenvalue weighted by atomic mass is 9.77. The van der Waals surface area contributed by atoms with Crippen molar-refractivity contribution in [1.82, 2.24) is 20.2 Å². The summed E-state index contributed by atoms with van der Waals surface area (Å²) in [5, 5.41) is 3.35. The van der Waals surface area contributed by atoms with E-state index in [9.17, 15) is 13.2 Å². The Hall–Kier alpha value is -1.91. The van der Waals surface area contributed by atoms with Crippen LogP contribution in [-0.4, -0.2) is 85.0 Å². The minimum atomic E-state index is -4.59. The minimum absolute atomic E-state index is 0.107. The first kappa shape index (κ1) is 22.9. The van der Waals surface area contributed by atoms with E-state index in [1.807, 2.05) is 9.80 Å². The van der Waals surface area contributed by atoms with Gasteiger partial charge in [0, 0.05) is 69.9 Å². The quantitative estimate of drug-likeness (QED) is 0.687. The van der Waals surface area contributed by atoms with E-state index in [0.717, 1.165) is 32.6 Å². The number of aromatic nitrogens is 2. The zero-order chi connectivity index (χ0) is 23.4. The van der Waals surface area contributed by atoms with Gasteiger partial charge in [0.25, 0.3) is 0 Å². The number of nitrogens with one attached hydrogen (secondary N) is 1. The van der Waals surface area contributed by atoms with E-state index in [1.54, 1.807) is 6.07 Å². The van der Waals surface area contributed by atoms with Crippen LogP contribution in [0.4, 0.5) is 24.8 Å². The summed E-state index contributed by atoms with van der Waals surface area (Å²) in [6.07, 6.45) is -1.74. The fourth-order valence-electron chi connectivity index (χ4n) is 5.91. The van der Waals surface area contributed by atoms with Gasteiger partial charge in [-0.15, -0.1) is 0 Å². The molecule has 1 N–H and O–H groups in total. The van der Waals surface area contributed by atoms with E-state index < -0.39 is 12.0 Å². The van der Waals surface area contributed by atoms with Crippen molar-refractivity contribution in [2.75, 3.05) is 62.2 Å². The van der Waals surface area contributed by atoms with Crippen LogP contribution < -0.4 is 15.1 Å². The SMILES string of the molecule is CC1=CCOC12CCN(c1cc(N3C[C@@H](N4CCNCC4)[C@H]3C)nc(C(F)(F)F)n1)CC2C. The molecule has 0 saturated carbocycles. The fraction of sp³-hybridized carbons (Fsp3) is 0.739. The predicted molar refractivity (Wildman–Crippen MR) is 121 cm³/mol. The zero-order valence-electron chi connectivity index (χ0n) is 19.5. The second kappa shape index (κ2) is 8.39. The molecule has 4 aliphatic heterocycles. The lowest BCUT2D eigenvalue weighted by Crippen LogP contribution is -2.68. The number of alkyl halides is 3.